The maximum atomic E-state index is 13.6. The Morgan fingerprint density at radius 1 is 1.02 bits per heavy atom. The largest absolute Gasteiger partial charge is 0.496 e. The number of amides is 1. The van der Waals surface area contributed by atoms with E-state index in [9.17, 15) is 36.0 Å². The maximum Gasteiger partial charge on any atom is 0.433 e. The summed E-state index contributed by atoms with van der Waals surface area (Å²) >= 11 is 0.797. The molecule has 0 bridgehead atoms. The zero-order valence-electron chi connectivity index (χ0n) is 23.5. The van der Waals surface area contributed by atoms with Crippen molar-refractivity contribution in [2.75, 3.05) is 31.4 Å². The van der Waals surface area contributed by atoms with Gasteiger partial charge in [-0.3, -0.25) is 4.79 Å². The summed E-state index contributed by atoms with van der Waals surface area (Å²) in [4.78, 5) is 44.8. The molecule has 1 amide bonds. The Morgan fingerprint density at radius 2 is 1.67 bits per heavy atom. The van der Waals surface area contributed by atoms with Gasteiger partial charge in [-0.15, -0.1) is 11.3 Å². The third kappa shape index (κ3) is 8.07. The number of aromatic nitrogens is 2. The highest BCUT2D eigenvalue weighted by Gasteiger charge is 2.36. The SMILES string of the molecule is CCOC(=O)c1sc(NC(=O)CCCS(=O)(=O)c2nc(-c3ccccc3OC)cc(C(F)(F)F)n2)c(C(=O)OCC)c1C. The Balaban J connectivity index is 1.82. The van der Waals surface area contributed by atoms with E-state index in [0.29, 0.717) is 6.07 Å². The van der Waals surface area contributed by atoms with E-state index in [1.165, 1.54) is 32.2 Å². The molecule has 11 nitrogen and oxygen atoms in total. The summed E-state index contributed by atoms with van der Waals surface area (Å²) in [5.74, 6) is -2.77. The number of carbonyl (C=O) groups excluding carboxylic acids is 3. The molecular formula is C27H28F3N3O8S2. The summed E-state index contributed by atoms with van der Waals surface area (Å²) < 4.78 is 82.1. The lowest BCUT2D eigenvalue weighted by atomic mass is 10.1. The second kappa shape index (κ2) is 13.9. The quantitative estimate of drug-likeness (QED) is 0.209. The van der Waals surface area contributed by atoms with Crippen LogP contribution in [0, 0.1) is 6.92 Å². The molecule has 0 unspecified atom stereocenters. The van der Waals surface area contributed by atoms with Crippen LogP contribution in [0.1, 0.15) is 58.0 Å². The highest BCUT2D eigenvalue weighted by molar-refractivity contribution is 7.91. The standard InChI is InChI=1S/C27H28F3N3O8S2/c1-5-40-24(35)21-15(3)22(25(36)41-6-2)42-23(21)33-20(34)12-9-13-43(37,38)26-31-17(14-19(32-26)27(28,29)30)16-10-7-8-11-18(16)39-4/h7-8,10-11,14H,5-6,9,12-13H2,1-4H3,(H,33,34). The fourth-order valence-electron chi connectivity index (χ4n) is 3.85. The van der Waals surface area contributed by atoms with Gasteiger partial charge in [0, 0.05) is 12.0 Å². The number of hydrogen-bond acceptors (Lipinski definition) is 11. The van der Waals surface area contributed by atoms with E-state index in [4.69, 9.17) is 14.2 Å². The van der Waals surface area contributed by atoms with Crippen LogP contribution < -0.4 is 10.1 Å². The first-order valence-electron chi connectivity index (χ1n) is 12.8. The Kier molecular flexibility index (Phi) is 10.9. The number of sulfone groups is 1. The number of alkyl halides is 3. The highest BCUT2D eigenvalue weighted by atomic mass is 32.2. The number of anilines is 1. The molecule has 2 aromatic heterocycles. The molecule has 0 fully saturated rings. The molecule has 16 heteroatoms. The van der Waals surface area contributed by atoms with Crippen LogP contribution in [0.4, 0.5) is 18.2 Å². The van der Waals surface area contributed by atoms with Gasteiger partial charge in [-0.1, -0.05) is 12.1 Å². The van der Waals surface area contributed by atoms with Crippen molar-refractivity contribution >= 4 is 44.0 Å². The van der Waals surface area contributed by atoms with E-state index in [-0.39, 0.29) is 57.6 Å². The van der Waals surface area contributed by atoms with Gasteiger partial charge in [-0.05, 0) is 51.0 Å². The van der Waals surface area contributed by atoms with Crippen molar-refractivity contribution in [1.29, 1.82) is 0 Å². The second-order valence-electron chi connectivity index (χ2n) is 8.79. The van der Waals surface area contributed by atoms with Crippen LogP contribution in [0.25, 0.3) is 11.3 Å². The molecule has 0 radical (unpaired) electrons. The Hall–Kier alpha value is -4.05. The van der Waals surface area contributed by atoms with Crippen LogP contribution in [-0.2, 0) is 30.3 Å². The second-order valence-corrected chi connectivity index (χ2v) is 11.8. The summed E-state index contributed by atoms with van der Waals surface area (Å²) in [6.45, 7) is 4.79. The van der Waals surface area contributed by atoms with Crippen LogP contribution in [0.3, 0.4) is 0 Å². The van der Waals surface area contributed by atoms with Crippen LogP contribution in [-0.4, -0.2) is 62.3 Å². The number of benzene rings is 1. The van der Waals surface area contributed by atoms with Crippen molar-refractivity contribution in [1.82, 2.24) is 9.97 Å². The molecule has 0 saturated heterocycles. The molecule has 0 atom stereocenters. The monoisotopic (exact) mass is 643 g/mol. The lowest BCUT2D eigenvalue weighted by Gasteiger charge is -2.13. The third-order valence-corrected chi connectivity index (χ3v) is 8.57. The van der Waals surface area contributed by atoms with E-state index in [1.54, 1.807) is 19.9 Å². The molecule has 43 heavy (non-hydrogen) atoms. The molecule has 2 heterocycles. The van der Waals surface area contributed by atoms with Crippen molar-refractivity contribution in [3.63, 3.8) is 0 Å². The number of methoxy groups -OCH3 is 1. The molecular weight excluding hydrogens is 615 g/mol. The van der Waals surface area contributed by atoms with Crippen LogP contribution in [0.15, 0.2) is 35.5 Å². The number of thiophene rings is 1. The van der Waals surface area contributed by atoms with Gasteiger partial charge in [-0.25, -0.2) is 28.0 Å². The lowest BCUT2D eigenvalue weighted by Crippen LogP contribution is -2.19. The zero-order valence-corrected chi connectivity index (χ0v) is 25.2. The van der Waals surface area contributed by atoms with E-state index < -0.39 is 56.9 Å². The molecule has 0 aliphatic carbocycles. The molecule has 0 aliphatic rings. The van der Waals surface area contributed by atoms with Crippen LogP contribution >= 0.6 is 11.3 Å². The van der Waals surface area contributed by atoms with Gasteiger partial charge in [0.25, 0.3) is 0 Å². The fourth-order valence-corrected chi connectivity index (χ4v) is 6.14. The first-order chi connectivity index (χ1) is 20.2. The van der Waals surface area contributed by atoms with Crippen molar-refractivity contribution in [2.45, 2.75) is 44.9 Å². The minimum atomic E-state index is -4.97. The molecule has 3 aromatic rings. The number of nitrogens with zero attached hydrogens (tertiary/aromatic N) is 2. The Morgan fingerprint density at radius 3 is 2.30 bits per heavy atom. The first kappa shape index (κ1) is 33.5. The van der Waals surface area contributed by atoms with E-state index in [2.05, 4.69) is 15.3 Å². The number of ether oxygens (including phenoxy) is 3. The van der Waals surface area contributed by atoms with Crippen LogP contribution in [0.5, 0.6) is 5.75 Å². The van der Waals surface area contributed by atoms with Crippen molar-refractivity contribution in [3.8, 4) is 17.0 Å². The van der Waals surface area contributed by atoms with E-state index >= 15 is 0 Å². The predicted octanol–water partition coefficient (Wildman–Crippen LogP) is 5.09. The number of esters is 2. The van der Waals surface area contributed by atoms with E-state index in [1.807, 2.05) is 0 Å². The molecule has 232 valence electrons. The Bertz CT molecular complexity index is 1620. The normalized spacial score (nSPS) is 11.6. The number of carbonyl (C=O) groups is 3. The summed E-state index contributed by atoms with van der Waals surface area (Å²) in [5, 5.41) is 1.44. The average Bonchev–Trinajstić information content (AvgIpc) is 3.27. The molecule has 0 spiro atoms. The molecule has 3 rings (SSSR count). The predicted molar refractivity (Wildman–Crippen MR) is 150 cm³/mol. The first-order valence-corrected chi connectivity index (χ1v) is 15.3. The lowest BCUT2D eigenvalue weighted by molar-refractivity contribution is -0.141. The smallest absolute Gasteiger partial charge is 0.433 e. The number of hydrogen-bond donors (Lipinski definition) is 1. The highest BCUT2D eigenvalue weighted by Crippen LogP contribution is 2.36. The minimum absolute atomic E-state index is 0.00882. The van der Waals surface area contributed by atoms with Gasteiger partial charge in [0.1, 0.15) is 21.3 Å². The summed E-state index contributed by atoms with van der Waals surface area (Å²) in [6.07, 6.45) is -5.69. The number of halogens is 3. The summed E-state index contributed by atoms with van der Waals surface area (Å²) in [5.41, 5.74) is -1.45. The molecule has 1 aromatic carbocycles. The molecule has 1 N–H and O–H groups in total. The third-order valence-electron chi connectivity index (χ3n) is 5.81. The number of para-hydroxylation sites is 1. The van der Waals surface area contributed by atoms with Crippen molar-refractivity contribution in [2.24, 2.45) is 0 Å². The fraction of sp³-hybridized carbons (Fsp3) is 0.370. The van der Waals surface area contributed by atoms with Gasteiger partial charge in [0.15, 0.2) is 0 Å². The molecule has 0 aliphatic heterocycles. The van der Waals surface area contributed by atoms with Gasteiger partial charge in [0.2, 0.25) is 20.9 Å². The maximum absolute atomic E-state index is 13.6. The van der Waals surface area contributed by atoms with Gasteiger partial charge in [-0.2, -0.15) is 13.2 Å². The van der Waals surface area contributed by atoms with Gasteiger partial charge in [0.05, 0.1) is 37.3 Å². The Labute approximate surface area is 249 Å². The number of rotatable bonds is 12. The van der Waals surface area contributed by atoms with Gasteiger partial charge >= 0.3 is 18.1 Å². The van der Waals surface area contributed by atoms with Crippen molar-refractivity contribution in [3.05, 3.63) is 52.0 Å². The summed E-state index contributed by atoms with van der Waals surface area (Å²) in [7, 11) is -3.18. The van der Waals surface area contributed by atoms with Crippen LogP contribution in [0.2, 0.25) is 0 Å². The molecule has 0 saturated carbocycles. The summed E-state index contributed by atoms with van der Waals surface area (Å²) in [6, 6.07) is 6.64. The average molecular weight is 644 g/mol. The van der Waals surface area contributed by atoms with Crippen molar-refractivity contribution < 1.29 is 50.2 Å². The minimum Gasteiger partial charge on any atom is -0.496 e. The topological polar surface area (TPSA) is 151 Å². The van der Waals surface area contributed by atoms with Gasteiger partial charge < -0.3 is 19.5 Å². The zero-order chi connectivity index (χ0) is 31.9. The number of nitrogens with one attached hydrogen (secondary N) is 1. The van der Waals surface area contributed by atoms with E-state index in [0.717, 1.165) is 11.3 Å².